The lowest BCUT2D eigenvalue weighted by atomic mass is 10.2. The Morgan fingerprint density at radius 1 is 1.36 bits per heavy atom. The van der Waals surface area contributed by atoms with Crippen molar-refractivity contribution in [1.29, 1.82) is 0 Å². The monoisotopic (exact) mass is 167 g/mol. The second-order valence-electron chi connectivity index (χ2n) is 2.61. The fourth-order valence-electron chi connectivity index (χ4n) is 1.21. The maximum absolute atomic E-state index is 11.0. The minimum atomic E-state index is 0.341. The average Bonchev–Trinajstić information content (AvgIpc) is 2.04. The van der Waals surface area contributed by atoms with Crippen molar-refractivity contribution in [2.24, 2.45) is 0 Å². The minimum Gasteiger partial charge on any atom is -0.633 e. The predicted octanol–water partition coefficient (Wildman–Crippen LogP) is 0.633. The van der Waals surface area contributed by atoms with Gasteiger partial charge in [-0.15, -0.1) is 0 Å². The van der Waals surface area contributed by atoms with Crippen LogP contribution >= 0.6 is 11.8 Å². The van der Waals surface area contributed by atoms with Gasteiger partial charge in [-0.1, -0.05) is 30.0 Å². The van der Waals surface area contributed by atoms with Crippen LogP contribution in [-0.4, -0.2) is 5.88 Å². The molecule has 0 aromatic heterocycles. The molecule has 0 radical (unpaired) electrons. The molecule has 1 aliphatic heterocycles. The molecule has 2 nitrogen and oxygen atoms in total. The first-order valence-electron chi connectivity index (χ1n) is 3.58. The van der Waals surface area contributed by atoms with E-state index in [0.717, 1.165) is 0 Å². The number of hydroxylamine groups is 2. The van der Waals surface area contributed by atoms with Crippen LogP contribution in [0.15, 0.2) is 29.2 Å². The van der Waals surface area contributed by atoms with Gasteiger partial charge >= 0.3 is 0 Å². The molecule has 1 atom stereocenters. The zero-order chi connectivity index (χ0) is 7.68. The first-order chi connectivity index (χ1) is 5.36. The number of hydrogen-bond acceptors (Lipinski definition) is 2. The first-order valence-corrected chi connectivity index (χ1v) is 4.57. The van der Waals surface area contributed by atoms with Gasteiger partial charge in [-0.05, 0) is 6.07 Å². The lowest BCUT2D eigenvalue weighted by Gasteiger charge is -2.27. The molecule has 0 saturated heterocycles. The van der Waals surface area contributed by atoms with E-state index in [9.17, 15) is 5.21 Å². The number of thioether (sulfide) groups is 1. The number of fused-ring (bicyclic) bond motifs is 1. The standard InChI is InChI=1S/C8H9NOS/c10-9-5-7-3-1-2-4-8(7)11-6-9/h1-4,9H,5-6H2. The second kappa shape index (κ2) is 2.85. The molecule has 0 aliphatic carbocycles. The van der Waals surface area contributed by atoms with Crippen molar-refractivity contribution >= 4 is 11.8 Å². The SMILES string of the molecule is [O-][NH+]1CSc2ccccc2C1. The molecular weight excluding hydrogens is 158 g/mol. The third kappa shape index (κ3) is 1.40. The van der Waals surface area contributed by atoms with E-state index in [-0.39, 0.29) is 0 Å². The van der Waals surface area contributed by atoms with E-state index in [0.29, 0.717) is 17.5 Å². The van der Waals surface area contributed by atoms with Crippen LogP contribution in [0.2, 0.25) is 0 Å². The van der Waals surface area contributed by atoms with Gasteiger partial charge in [0.1, 0.15) is 12.4 Å². The van der Waals surface area contributed by atoms with E-state index in [1.807, 2.05) is 18.2 Å². The van der Waals surface area contributed by atoms with Gasteiger partial charge in [0.15, 0.2) is 0 Å². The van der Waals surface area contributed by atoms with Crippen LogP contribution in [-0.2, 0) is 6.54 Å². The molecule has 58 valence electrons. The van der Waals surface area contributed by atoms with Crippen molar-refractivity contribution in [3.05, 3.63) is 35.0 Å². The van der Waals surface area contributed by atoms with Gasteiger partial charge in [-0.25, -0.2) is 0 Å². The molecule has 1 unspecified atom stereocenters. The Labute approximate surface area is 69.8 Å². The van der Waals surface area contributed by atoms with E-state index in [1.165, 1.54) is 10.5 Å². The Morgan fingerprint density at radius 3 is 3.09 bits per heavy atom. The van der Waals surface area contributed by atoms with E-state index >= 15 is 0 Å². The minimum absolute atomic E-state index is 0.341. The Bertz CT molecular complexity index is 264. The Morgan fingerprint density at radius 2 is 2.18 bits per heavy atom. The molecule has 11 heavy (non-hydrogen) atoms. The second-order valence-corrected chi connectivity index (χ2v) is 3.63. The molecule has 3 heteroatoms. The van der Waals surface area contributed by atoms with Crippen LogP contribution < -0.4 is 5.06 Å². The van der Waals surface area contributed by atoms with Crippen LogP contribution in [0.1, 0.15) is 5.56 Å². The van der Waals surface area contributed by atoms with Gasteiger partial charge in [-0.3, -0.25) is 0 Å². The highest BCUT2D eigenvalue weighted by Crippen LogP contribution is 2.22. The largest absolute Gasteiger partial charge is 0.633 e. The summed E-state index contributed by atoms with van der Waals surface area (Å²) in [5.41, 5.74) is 1.19. The molecule has 1 aliphatic rings. The summed E-state index contributed by atoms with van der Waals surface area (Å²) in [6.07, 6.45) is 0. The van der Waals surface area contributed by atoms with E-state index < -0.39 is 0 Å². The number of nitrogens with one attached hydrogen (secondary N) is 1. The summed E-state index contributed by atoms with van der Waals surface area (Å²) in [6.45, 7) is 0.628. The van der Waals surface area contributed by atoms with Crippen LogP contribution in [0, 0.1) is 5.21 Å². The summed E-state index contributed by atoms with van der Waals surface area (Å²) < 4.78 is 0. The normalized spacial score (nSPS) is 22.8. The Hall–Kier alpha value is -0.510. The Balaban J connectivity index is 2.34. The van der Waals surface area contributed by atoms with Crippen molar-refractivity contribution in [3.63, 3.8) is 0 Å². The van der Waals surface area contributed by atoms with Gasteiger partial charge in [0.25, 0.3) is 0 Å². The third-order valence-electron chi connectivity index (χ3n) is 1.75. The van der Waals surface area contributed by atoms with Crippen LogP contribution in [0.25, 0.3) is 0 Å². The lowest BCUT2D eigenvalue weighted by Crippen LogP contribution is -3.05. The fourth-order valence-corrected chi connectivity index (χ4v) is 2.13. The van der Waals surface area contributed by atoms with Crippen molar-refractivity contribution in [1.82, 2.24) is 0 Å². The Kier molecular flexibility index (Phi) is 1.85. The molecule has 0 fully saturated rings. The topological polar surface area (TPSA) is 27.5 Å². The maximum Gasteiger partial charge on any atom is 0.128 e. The quantitative estimate of drug-likeness (QED) is 0.574. The molecule has 2 rings (SSSR count). The summed E-state index contributed by atoms with van der Waals surface area (Å²) in [7, 11) is 0. The molecule has 1 aromatic rings. The van der Waals surface area contributed by atoms with Crippen LogP contribution in [0.3, 0.4) is 0 Å². The molecular formula is C8H9NOS. The van der Waals surface area contributed by atoms with Crippen molar-refractivity contribution in [3.8, 4) is 0 Å². The number of rotatable bonds is 0. The predicted molar refractivity (Wildman–Crippen MR) is 45.2 cm³/mol. The number of quaternary nitrogens is 1. The van der Waals surface area contributed by atoms with Gasteiger partial charge in [0, 0.05) is 10.5 Å². The highest BCUT2D eigenvalue weighted by molar-refractivity contribution is 7.99. The fraction of sp³-hybridized carbons (Fsp3) is 0.250. The van der Waals surface area contributed by atoms with Gasteiger partial charge in [0.2, 0.25) is 0 Å². The van der Waals surface area contributed by atoms with Crippen molar-refractivity contribution in [2.75, 3.05) is 5.88 Å². The zero-order valence-corrected chi connectivity index (χ0v) is 6.86. The smallest absolute Gasteiger partial charge is 0.128 e. The summed E-state index contributed by atoms with van der Waals surface area (Å²) in [5.74, 6) is 0.650. The van der Waals surface area contributed by atoms with E-state index in [4.69, 9.17) is 0 Å². The van der Waals surface area contributed by atoms with Crippen molar-refractivity contribution in [2.45, 2.75) is 11.4 Å². The van der Waals surface area contributed by atoms with Gasteiger partial charge < -0.3 is 10.3 Å². The summed E-state index contributed by atoms with van der Waals surface area (Å²) >= 11 is 1.65. The molecule has 1 aromatic carbocycles. The van der Waals surface area contributed by atoms with Gasteiger partial charge in [0.05, 0.1) is 0 Å². The van der Waals surface area contributed by atoms with Crippen LogP contribution in [0.4, 0.5) is 0 Å². The summed E-state index contributed by atoms with van der Waals surface area (Å²) in [6, 6.07) is 8.10. The van der Waals surface area contributed by atoms with Crippen LogP contribution in [0.5, 0.6) is 0 Å². The summed E-state index contributed by atoms with van der Waals surface area (Å²) in [4.78, 5) is 1.27. The van der Waals surface area contributed by atoms with E-state index in [2.05, 4.69) is 6.07 Å². The van der Waals surface area contributed by atoms with Crippen molar-refractivity contribution < 1.29 is 5.06 Å². The highest BCUT2D eigenvalue weighted by Gasteiger charge is 2.12. The molecule has 0 saturated carbocycles. The molecule has 0 amide bonds. The highest BCUT2D eigenvalue weighted by atomic mass is 32.2. The zero-order valence-electron chi connectivity index (χ0n) is 6.04. The lowest BCUT2D eigenvalue weighted by molar-refractivity contribution is -0.849. The molecule has 1 N–H and O–H groups in total. The van der Waals surface area contributed by atoms with Gasteiger partial charge in [-0.2, -0.15) is 0 Å². The average molecular weight is 167 g/mol. The summed E-state index contributed by atoms with van der Waals surface area (Å²) in [5, 5.41) is 11.3. The molecule has 0 bridgehead atoms. The maximum atomic E-state index is 11.0. The molecule has 0 spiro atoms. The van der Waals surface area contributed by atoms with E-state index in [1.54, 1.807) is 11.8 Å². The number of benzene rings is 1. The first kappa shape index (κ1) is 7.16. The molecule has 1 heterocycles. The third-order valence-corrected chi connectivity index (χ3v) is 2.92. The number of hydrogen-bond donors (Lipinski definition) is 1.